The highest BCUT2D eigenvalue weighted by molar-refractivity contribution is 5.75. The van der Waals surface area contributed by atoms with Crippen LogP contribution in [0.5, 0.6) is 0 Å². The maximum atomic E-state index is 11.3. The third kappa shape index (κ3) is 10.2. The Hall–Kier alpha value is -0.690. The minimum atomic E-state index is 0.101. The van der Waals surface area contributed by atoms with Crippen LogP contribution in [0.2, 0.25) is 0 Å². The maximum Gasteiger partial charge on any atom is 0.221 e. The van der Waals surface area contributed by atoms with Crippen LogP contribution in [-0.2, 0) is 4.79 Å². The van der Waals surface area contributed by atoms with Crippen molar-refractivity contribution < 1.29 is 4.79 Å². The monoisotopic (exact) mass is 245 g/mol. The van der Waals surface area contributed by atoms with Crippen LogP contribution in [0.1, 0.15) is 13.3 Å². The van der Waals surface area contributed by atoms with Gasteiger partial charge in [0, 0.05) is 58.8 Å². The van der Waals surface area contributed by atoms with Crippen molar-refractivity contribution in [2.45, 2.75) is 13.3 Å². The Labute approximate surface area is 104 Å². The molecule has 102 valence electrons. The fourth-order valence-electron chi connectivity index (χ4n) is 1.53. The van der Waals surface area contributed by atoms with Crippen LogP contribution in [0.4, 0.5) is 0 Å². The first-order valence-electron chi connectivity index (χ1n) is 6.34. The van der Waals surface area contributed by atoms with E-state index in [4.69, 9.17) is 11.5 Å². The summed E-state index contributed by atoms with van der Waals surface area (Å²) in [4.78, 5) is 13.5. The summed E-state index contributed by atoms with van der Waals surface area (Å²) in [7, 11) is 0. The smallest absolute Gasteiger partial charge is 0.221 e. The molecule has 17 heavy (non-hydrogen) atoms. The van der Waals surface area contributed by atoms with E-state index >= 15 is 0 Å². The van der Waals surface area contributed by atoms with Gasteiger partial charge in [0.05, 0.1) is 0 Å². The van der Waals surface area contributed by atoms with Crippen molar-refractivity contribution in [2.75, 3.05) is 52.4 Å². The van der Waals surface area contributed by atoms with E-state index in [9.17, 15) is 4.79 Å². The van der Waals surface area contributed by atoms with Gasteiger partial charge < -0.3 is 27.0 Å². The number of amides is 1. The Kier molecular flexibility index (Phi) is 11.3. The number of hydrogen-bond acceptors (Lipinski definition) is 5. The molecular formula is C11H27N5O. The van der Waals surface area contributed by atoms with Gasteiger partial charge in [0.1, 0.15) is 0 Å². The molecule has 0 aliphatic rings. The minimum absolute atomic E-state index is 0.101. The van der Waals surface area contributed by atoms with E-state index in [1.807, 2.05) is 6.92 Å². The lowest BCUT2D eigenvalue weighted by Gasteiger charge is -2.21. The Morgan fingerprint density at radius 2 is 1.88 bits per heavy atom. The first-order valence-corrected chi connectivity index (χ1v) is 6.34. The fraction of sp³-hybridized carbons (Fsp3) is 0.909. The van der Waals surface area contributed by atoms with Crippen molar-refractivity contribution >= 4 is 5.91 Å². The number of carbonyl (C=O) groups is 1. The molecule has 0 fully saturated rings. The SMILES string of the molecule is CCNC(=O)CCN(CCN)CCNCCN. The molecule has 0 heterocycles. The maximum absolute atomic E-state index is 11.3. The Balaban J connectivity index is 3.69. The van der Waals surface area contributed by atoms with E-state index < -0.39 is 0 Å². The number of carbonyl (C=O) groups excluding carboxylic acids is 1. The molecule has 0 atom stereocenters. The summed E-state index contributed by atoms with van der Waals surface area (Å²) < 4.78 is 0. The summed E-state index contributed by atoms with van der Waals surface area (Å²) in [6.07, 6.45) is 0.532. The van der Waals surface area contributed by atoms with Crippen LogP contribution in [0, 0.1) is 0 Å². The van der Waals surface area contributed by atoms with Gasteiger partial charge in [-0.05, 0) is 6.92 Å². The van der Waals surface area contributed by atoms with Crippen LogP contribution in [0.3, 0.4) is 0 Å². The predicted octanol–water partition coefficient (Wildman–Crippen LogP) is -1.68. The normalized spacial score (nSPS) is 10.8. The highest BCUT2D eigenvalue weighted by Gasteiger charge is 2.06. The Morgan fingerprint density at radius 1 is 1.12 bits per heavy atom. The topological polar surface area (TPSA) is 96.4 Å². The van der Waals surface area contributed by atoms with Crippen molar-refractivity contribution in [1.29, 1.82) is 0 Å². The molecule has 0 aliphatic heterocycles. The molecular weight excluding hydrogens is 218 g/mol. The summed E-state index contributed by atoms with van der Waals surface area (Å²) in [5, 5.41) is 6.02. The summed E-state index contributed by atoms with van der Waals surface area (Å²) >= 11 is 0. The van der Waals surface area contributed by atoms with Crippen molar-refractivity contribution in [1.82, 2.24) is 15.5 Å². The molecule has 0 aromatic carbocycles. The summed E-state index contributed by atoms with van der Waals surface area (Å²) in [5.41, 5.74) is 10.9. The second-order valence-corrected chi connectivity index (χ2v) is 3.87. The van der Waals surface area contributed by atoms with Crippen LogP contribution in [0.15, 0.2) is 0 Å². The second kappa shape index (κ2) is 11.8. The van der Waals surface area contributed by atoms with Crippen molar-refractivity contribution in [3.63, 3.8) is 0 Å². The van der Waals surface area contributed by atoms with Gasteiger partial charge in [0.15, 0.2) is 0 Å². The van der Waals surface area contributed by atoms with E-state index in [2.05, 4.69) is 15.5 Å². The average Bonchev–Trinajstić information content (AvgIpc) is 2.32. The van der Waals surface area contributed by atoms with Crippen LogP contribution >= 0.6 is 0 Å². The fourth-order valence-corrected chi connectivity index (χ4v) is 1.53. The molecule has 0 unspecified atom stereocenters. The van der Waals surface area contributed by atoms with E-state index in [-0.39, 0.29) is 5.91 Å². The third-order valence-electron chi connectivity index (χ3n) is 2.40. The van der Waals surface area contributed by atoms with Gasteiger partial charge in [0.25, 0.3) is 0 Å². The van der Waals surface area contributed by atoms with E-state index in [0.717, 1.165) is 32.7 Å². The number of nitrogens with one attached hydrogen (secondary N) is 2. The molecule has 0 bridgehead atoms. The number of hydrogen-bond donors (Lipinski definition) is 4. The number of nitrogens with zero attached hydrogens (tertiary/aromatic N) is 1. The molecule has 0 spiro atoms. The van der Waals surface area contributed by atoms with Gasteiger partial charge in [-0.1, -0.05) is 0 Å². The van der Waals surface area contributed by atoms with Crippen molar-refractivity contribution in [3.05, 3.63) is 0 Å². The van der Waals surface area contributed by atoms with Crippen LogP contribution in [0.25, 0.3) is 0 Å². The first kappa shape index (κ1) is 16.3. The zero-order valence-corrected chi connectivity index (χ0v) is 10.9. The van der Waals surface area contributed by atoms with Crippen molar-refractivity contribution in [3.8, 4) is 0 Å². The largest absolute Gasteiger partial charge is 0.356 e. The molecule has 0 saturated heterocycles. The quantitative estimate of drug-likeness (QED) is 0.326. The van der Waals surface area contributed by atoms with Gasteiger partial charge in [0.2, 0.25) is 5.91 Å². The molecule has 0 aliphatic carbocycles. The molecule has 0 rings (SSSR count). The molecule has 0 radical (unpaired) electrons. The van der Waals surface area contributed by atoms with Crippen LogP contribution in [-0.4, -0.2) is 63.2 Å². The highest BCUT2D eigenvalue weighted by atomic mass is 16.1. The molecule has 0 aromatic rings. The van der Waals surface area contributed by atoms with E-state index in [0.29, 0.717) is 26.1 Å². The Morgan fingerprint density at radius 3 is 2.47 bits per heavy atom. The number of nitrogens with two attached hydrogens (primary N) is 2. The molecule has 0 saturated carbocycles. The zero-order valence-electron chi connectivity index (χ0n) is 10.9. The van der Waals surface area contributed by atoms with Gasteiger partial charge in [-0.15, -0.1) is 0 Å². The molecule has 0 aromatic heterocycles. The lowest BCUT2D eigenvalue weighted by Crippen LogP contribution is -2.39. The minimum Gasteiger partial charge on any atom is -0.356 e. The predicted molar refractivity (Wildman–Crippen MR) is 70.7 cm³/mol. The average molecular weight is 245 g/mol. The summed E-state index contributed by atoms with van der Waals surface area (Å²) in [5.74, 6) is 0.101. The molecule has 6 heteroatoms. The Bertz CT molecular complexity index is 189. The molecule has 6 nitrogen and oxygen atoms in total. The highest BCUT2D eigenvalue weighted by Crippen LogP contribution is 1.90. The van der Waals surface area contributed by atoms with Crippen molar-refractivity contribution in [2.24, 2.45) is 11.5 Å². The molecule has 6 N–H and O–H groups in total. The van der Waals surface area contributed by atoms with Crippen LogP contribution < -0.4 is 22.1 Å². The van der Waals surface area contributed by atoms with E-state index in [1.165, 1.54) is 0 Å². The molecule has 1 amide bonds. The summed E-state index contributed by atoms with van der Waals surface area (Å²) in [6.45, 7) is 8.06. The lowest BCUT2D eigenvalue weighted by atomic mass is 10.3. The third-order valence-corrected chi connectivity index (χ3v) is 2.40. The van der Waals surface area contributed by atoms with E-state index in [1.54, 1.807) is 0 Å². The standard InChI is InChI=1S/C11H27N5O/c1-2-15-11(17)3-8-16(9-5-13)10-7-14-6-4-12/h14H,2-10,12-13H2,1H3,(H,15,17). The van der Waals surface area contributed by atoms with Gasteiger partial charge in [-0.25, -0.2) is 0 Å². The van der Waals surface area contributed by atoms with Gasteiger partial charge >= 0.3 is 0 Å². The lowest BCUT2D eigenvalue weighted by molar-refractivity contribution is -0.121. The summed E-state index contributed by atoms with van der Waals surface area (Å²) in [6, 6.07) is 0. The number of rotatable bonds is 11. The first-order chi connectivity index (χ1) is 8.24. The second-order valence-electron chi connectivity index (χ2n) is 3.87. The van der Waals surface area contributed by atoms with Gasteiger partial charge in [-0.3, -0.25) is 4.79 Å². The zero-order chi connectivity index (χ0) is 12.9. The van der Waals surface area contributed by atoms with Gasteiger partial charge in [-0.2, -0.15) is 0 Å².